The molecule has 0 saturated carbocycles. The molecule has 0 radical (unpaired) electrons. The minimum absolute atomic E-state index is 0.0315. The highest BCUT2D eigenvalue weighted by molar-refractivity contribution is 6.08. The van der Waals surface area contributed by atoms with Gasteiger partial charge in [0.15, 0.2) is 0 Å². The molecule has 0 aliphatic carbocycles. The van der Waals surface area contributed by atoms with E-state index in [1.807, 2.05) is 73.3 Å². The van der Waals surface area contributed by atoms with Crippen LogP contribution in [0.3, 0.4) is 0 Å². The second-order valence-electron chi connectivity index (χ2n) is 8.07. The number of carbonyl (C=O) groups excluding carboxylic acids is 2. The van der Waals surface area contributed by atoms with Crippen molar-refractivity contribution in [3.8, 4) is 5.75 Å². The van der Waals surface area contributed by atoms with Crippen molar-refractivity contribution in [2.24, 2.45) is 0 Å². The summed E-state index contributed by atoms with van der Waals surface area (Å²) in [5.74, 6) is 0.151. The third-order valence-corrected chi connectivity index (χ3v) is 6.00. The SMILES string of the molecule is CCC(=O)N(c1ccccc1)[C@H]1C[C@@H](C)N(C(=O)c2cccc(OCF)c2)c2ccccc21. The van der Waals surface area contributed by atoms with Crippen LogP contribution in [0.1, 0.15) is 48.7 Å². The van der Waals surface area contributed by atoms with Gasteiger partial charge in [0.25, 0.3) is 5.91 Å². The summed E-state index contributed by atoms with van der Waals surface area (Å²) in [7, 11) is 0. The Bertz CT molecular complexity index is 1130. The Balaban J connectivity index is 1.76. The molecule has 0 fully saturated rings. The molecule has 0 spiro atoms. The van der Waals surface area contributed by atoms with Gasteiger partial charge in [0.1, 0.15) is 5.75 Å². The summed E-state index contributed by atoms with van der Waals surface area (Å²) in [4.78, 5) is 30.2. The summed E-state index contributed by atoms with van der Waals surface area (Å²) in [5.41, 5.74) is 2.96. The maximum Gasteiger partial charge on any atom is 0.258 e. The summed E-state index contributed by atoms with van der Waals surface area (Å²) in [6.45, 7) is 2.89. The fourth-order valence-electron chi connectivity index (χ4n) is 4.51. The first-order chi connectivity index (χ1) is 16.0. The van der Waals surface area contributed by atoms with Crippen LogP contribution in [-0.2, 0) is 4.79 Å². The van der Waals surface area contributed by atoms with Gasteiger partial charge in [-0.05, 0) is 55.3 Å². The standard InChI is InChI=1S/C27H27FN2O3/c1-3-26(31)30(21-11-5-4-6-12-21)25-16-19(2)29(24-15-8-7-14-23(24)25)27(32)20-10-9-13-22(17-20)33-18-28/h4-15,17,19,25H,3,16,18H2,1-2H3/t19-,25+/m1/s1. The van der Waals surface area contributed by atoms with Gasteiger partial charge in [-0.3, -0.25) is 9.59 Å². The number of alkyl halides is 1. The molecule has 0 N–H and O–H groups in total. The van der Waals surface area contributed by atoms with Gasteiger partial charge in [0.05, 0.1) is 6.04 Å². The van der Waals surface area contributed by atoms with Crippen LogP contribution in [0.25, 0.3) is 0 Å². The quantitative estimate of drug-likeness (QED) is 0.473. The Hall–Kier alpha value is -3.67. The zero-order valence-corrected chi connectivity index (χ0v) is 18.8. The molecule has 33 heavy (non-hydrogen) atoms. The summed E-state index contributed by atoms with van der Waals surface area (Å²) >= 11 is 0. The van der Waals surface area contributed by atoms with Crippen LogP contribution in [0.5, 0.6) is 5.75 Å². The molecule has 1 aliphatic rings. The molecule has 3 aromatic rings. The molecule has 0 bridgehead atoms. The first-order valence-corrected chi connectivity index (χ1v) is 11.1. The number of amides is 2. The van der Waals surface area contributed by atoms with Crippen molar-refractivity contribution < 1.29 is 18.7 Å². The van der Waals surface area contributed by atoms with Crippen molar-refractivity contribution in [2.75, 3.05) is 16.7 Å². The normalized spacial score (nSPS) is 17.2. The zero-order valence-electron chi connectivity index (χ0n) is 18.8. The molecule has 2 atom stereocenters. The lowest BCUT2D eigenvalue weighted by atomic mass is 9.89. The van der Waals surface area contributed by atoms with E-state index in [0.717, 1.165) is 16.9 Å². The van der Waals surface area contributed by atoms with Gasteiger partial charge in [-0.25, -0.2) is 4.39 Å². The molecule has 170 valence electrons. The van der Waals surface area contributed by atoms with E-state index in [-0.39, 0.29) is 23.9 Å². The fourth-order valence-corrected chi connectivity index (χ4v) is 4.51. The van der Waals surface area contributed by atoms with Crippen LogP contribution in [0, 0.1) is 0 Å². The third kappa shape index (κ3) is 4.46. The van der Waals surface area contributed by atoms with Gasteiger partial charge in [-0.2, -0.15) is 0 Å². The van der Waals surface area contributed by atoms with E-state index in [2.05, 4.69) is 0 Å². The van der Waals surface area contributed by atoms with Crippen LogP contribution < -0.4 is 14.5 Å². The van der Waals surface area contributed by atoms with Gasteiger partial charge < -0.3 is 14.5 Å². The molecular weight excluding hydrogens is 419 g/mol. The van der Waals surface area contributed by atoms with Crippen molar-refractivity contribution in [3.63, 3.8) is 0 Å². The number of carbonyl (C=O) groups is 2. The second kappa shape index (κ2) is 9.86. The van der Waals surface area contributed by atoms with Gasteiger partial charge in [-0.1, -0.05) is 49.4 Å². The third-order valence-electron chi connectivity index (χ3n) is 6.00. The molecule has 1 aliphatic heterocycles. The predicted octanol–water partition coefficient (Wildman–Crippen LogP) is 5.92. The van der Waals surface area contributed by atoms with Gasteiger partial charge in [0.2, 0.25) is 12.8 Å². The maximum atomic E-state index is 13.6. The smallest absolute Gasteiger partial charge is 0.258 e. The highest BCUT2D eigenvalue weighted by atomic mass is 19.1. The Morgan fingerprint density at radius 1 is 1.03 bits per heavy atom. The molecule has 3 aromatic carbocycles. The first-order valence-electron chi connectivity index (χ1n) is 11.1. The van der Waals surface area contributed by atoms with E-state index in [1.54, 1.807) is 29.2 Å². The maximum absolute atomic E-state index is 13.6. The van der Waals surface area contributed by atoms with Crippen molar-refractivity contribution in [1.82, 2.24) is 0 Å². The molecule has 4 rings (SSSR count). The number of benzene rings is 3. The molecule has 2 amide bonds. The molecule has 0 saturated heterocycles. The van der Waals surface area contributed by atoms with Gasteiger partial charge in [-0.15, -0.1) is 0 Å². The number of para-hydroxylation sites is 2. The zero-order chi connectivity index (χ0) is 23.4. The monoisotopic (exact) mass is 446 g/mol. The number of hydrogen-bond donors (Lipinski definition) is 0. The number of anilines is 2. The molecule has 1 heterocycles. The fraction of sp³-hybridized carbons (Fsp3) is 0.259. The van der Waals surface area contributed by atoms with Crippen LogP contribution in [0.4, 0.5) is 15.8 Å². The topological polar surface area (TPSA) is 49.9 Å². The van der Waals surface area contributed by atoms with E-state index in [4.69, 9.17) is 4.74 Å². The average molecular weight is 447 g/mol. The molecule has 5 nitrogen and oxygen atoms in total. The van der Waals surface area contributed by atoms with Gasteiger partial charge >= 0.3 is 0 Å². The van der Waals surface area contributed by atoms with Crippen LogP contribution in [0.2, 0.25) is 0 Å². The van der Waals surface area contributed by atoms with Crippen LogP contribution in [0.15, 0.2) is 78.9 Å². The number of ether oxygens (including phenoxy) is 1. The molecule has 0 aromatic heterocycles. The molecular formula is C27H27FN2O3. The highest BCUT2D eigenvalue weighted by Crippen LogP contribution is 2.43. The number of fused-ring (bicyclic) bond motifs is 1. The highest BCUT2D eigenvalue weighted by Gasteiger charge is 2.38. The molecule has 6 heteroatoms. The summed E-state index contributed by atoms with van der Waals surface area (Å²) in [5, 5.41) is 0. The Kier molecular flexibility index (Phi) is 6.73. The minimum atomic E-state index is -0.955. The second-order valence-corrected chi connectivity index (χ2v) is 8.07. The number of hydrogen-bond acceptors (Lipinski definition) is 3. The van der Waals surface area contributed by atoms with E-state index in [0.29, 0.717) is 24.2 Å². The molecule has 0 unspecified atom stereocenters. The summed E-state index contributed by atoms with van der Waals surface area (Å²) in [6, 6.07) is 23.6. The average Bonchev–Trinajstić information content (AvgIpc) is 2.85. The van der Waals surface area contributed by atoms with E-state index in [9.17, 15) is 14.0 Å². The largest absolute Gasteiger partial charge is 0.463 e. The summed E-state index contributed by atoms with van der Waals surface area (Å²) < 4.78 is 17.6. The number of halogens is 1. The Morgan fingerprint density at radius 3 is 2.48 bits per heavy atom. The van der Waals surface area contributed by atoms with Crippen molar-refractivity contribution in [3.05, 3.63) is 90.0 Å². The van der Waals surface area contributed by atoms with Crippen molar-refractivity contribution in [1.29, 1.82) is 0 Å². The minimum Gasteiger partial charge on any atom is -0.463 e. The van der Waals surface area contributed by atoms with Crippen LogP contribution >= 0.6 is 0 Å². The van der Waals surface area contributed by atoms with Crippen molar-refractivity contribution in [2.45, 2.75) is 38.8 Å². The predicted molar refractivity (Wildman–Crippen MR) is 127 cm³/mol. The lowest BCUT2D eigenvalue weighted by molar-refractivity contribution is -0.118. The number of rotatable bonds is 6. The van der Waals surface area contributed by atoms with Gasteiger partial charge in [0, 0.05) is 29.4 Å². The number of nitrogens with zero attached hydrogens (tertiary/aromatic N) is 2. The van der Waals surface area contributed by atoms with Crippen LogP contribution in [-0.4, -0.2) is 24.7 Å². The van der Waals surface area contributed by atoms with E-state index in [1.165, 1.54) is 0 Å². The first kappa shape index (κ1) is 22.5. The van der Waals surface area contributed by atoms with E-state index >= 15 is 0 Å². The Morgan fingerprint density at radius 2 is 1.76 bits per heavy atom. The van der Waals surface area contributed by atoms with Crippen molar-refractivity contribution >= 4 is 23.2 Å². The lowest BCUT2D eigenvalue weighted by Gasteiger charge is -2.43. The summed E-state index contributed by atoms with van der Waals surface area (Å²) in [6.07, 6.45) is 0.968. The van der Waals surface area contributed by atoms with E-state index < -0.39 is 6.86 Å². The Labute approximate surface area is 193 Å². The lowest BCUT2D eigenvalue weighted by Crippen LogP contribution is -2.47.